The van der Waals surface area contributed by atoms with Gasteiger partial charge in [0.05, 0.1) is 11.7 Å². The molecule has 1 aromatic carbocycles. The van der Waals surface area contributed by atoms with Crippen LogP contribution in [0.5, 0.6) is 0 Å². The van der Waals surface area contributed by atoms with E-state index in [-0.39, 0.29) is 18.3 Å². The minimum Gasteiger partial charge on any atom is -0.396 e. The monoisotopic (exact) mass is 303 g/mol. The van der Waals surface area contributed by atoms with Gasteiger partial charge in [-0.05, 0) is 49.8 Å². The van der Waals surface area contributed by atoms with Gasteiger partial charge in [0.1, 0.15) is 0 Å². The molecular weight excluding hydrogens is 274 g/mol. The Kier molecular flexibility index (Phi) is 5.17. The highest BCUT2D eigenvalue weighted by molar-refractivity contribution is 5.35. The molecule has 0 bridgehead atoms. The van der Waals surface area contributed by atoms with Crippen LogP contribution in [0.1, 0.15) is 50.2 Å². The Morgan fingerprint density at radius 3 is 2.77 bits per heavy atom. The molecule has 0 aromatic heterocycles. The van der Waals surface area contributed by atoms with Gasteiger partial charge in [0.25, 0.3) is 0 Å². The summed E-state index contributed by atoms with van der Waals surface area (Å²) in [6, 6.07) is 8.77. The van der Waals surface area contributed by atoms with Crippen molar-refractivity contribution in [2.24, 2.45) is 0 Å². The summed E-state index contributed by atoms with van der Waals surface area (Å²) in [7, 11) is 0. The first-order valence-electron chi connectivity index (χ1n) is 8.87. The van der Waals surface area contributed by atoms with E-state index in [1.165, 1.54) is 30.5 Å². The highest BCUT2D eigenvalue weighted by Gasteiger charge is 2.43. The lowest BCUT2D eigenvalue weighted by Crippen LogP contribution is -2.49. The summed E-state index contributed by atoms with van der Waals surface area (Å²) in [4.78, 5) is 2.58. The van der Waals surface area contributed by atoms with E-state index < -0.39 is 0 Å². The highest BCUT2D eigenvalue weighted by Crippen LogP contribution is 2.43. The van der Waals surface area contributed by atoms with Gasteiger partial charge in [0, 0.05) is 19.7 Å². The first-order chi connectivity index (χ1) is 10.8. The van der Waals surface area contributed by atoms with Crippen LogP contribution < -0.4 is 0 Å². The number of aliphatic hydroxyl groups is 1. The van der Waals surface area contributed by atoms with E-state index in [2.05, 4.69) is 36.1 Å². The number of piperidine rings is 1. The number of unbranched alkanes of at least 4 members (excludes halogenated alkanes) is 1. The SMILES string of the molecule is CCCCN1CCC2(CC1)OC(CCO)Cc1ccccc12. The topological polar surface area (TPSA) is 32.7 Å². The molecule has 2 heterocycles. The average molecular weight is 303 g/mol. The Labute approximate surface area is 134 Å². The lowest BCUT2D eigenvalue weighted by molar-refractivity contribution is -0.143. The molecule has 0 saturated carbocycles. The third kappa shape index (κ3) is 3.22. The van der Waals surface area contributed by atoms with E-state index in [0.717, 1.165) is 38.8 Å². The zero-order valence-corrected chi connectivity index (χ0v) is 13.8. The smallest absolute Gasteiger partial charge is 0.0962 e. The normalized spacial score (nSPS) is 24.4. The van der Waals surface area contributed by atoms with Crippen LogP contribution in [-0.2, 0) is 16.8 Å². The quantitative estimate of drug-likeness (QED) is 0.907. The van der Waals surface area contributed by atoms with Gasteiger partial charge < -0.3 is 14.7 Å². The maximum Gasteiger partial charge on any atom is 0.0962 e. The van der Waals surface area contributed by atoms with E-state index in [1.54, 1.807) is 0 Å². The summed E-state index contributed by atoms with van der Waals surface area (Å²) >= 11 is 0. The largest absolute Gasteiger partial charge is 0.396 e. The summed E-state index contributed by atoms with van der Waals surface area (Å²) in [6.07, 6.45) is 6.57. The molecule has 0 amide bonds. The lowest BCUT2D eigenvalue weighted by atomic mass is 9.78. The Hall–Kier alpha value is -0.900. The summed E-state index contributed by atoms with van der Waals surface area (Å²) in [5.74, 6) is 0. The second-order valence-electron chi connectivity index (χ2n) is 6.80. The highest BCUT2D eigenvalue weighted by atomic mass is 16.5. The number of fused-ring (bicyclic) bond motifs is 2. The number of rotatable bonds is 5. The number of hydrogen-bond donors (Lipinski definition) is 1. The van der Waals surface area contributed by atoms with Crippen LogP contribution in [0.4, 0.5) is 0 Å². The van der Waals surface area contributed by atoms with Crippen LogP contribution in [0.2, 0.25) is 0 Å². The molecule has 1 N–H and O–H groups in total. The predicted molar refractivity (Wildman–Crippen MR) is 89.0 cm³/mol. The van der Waals surface area contributed by atoms with Gasteiger partial charge in [-0.25, -0.2) is 0 Å². The van der Waals surface area contributed by atoms with Crippen molar-refractivity contribution in [3.63, 3.8) is 0 Å². The maximum atomic E-state index is 9.30. The van der Waals surface area contributed by atoms with Crippen molar-refractivity contribution in [1.82, 2.24) is 4.90 Å². The number of likely N-dealkylation sites (tertiary alicyclic amines) is 1. The molecule has 1 unspecified atom stereocenters. The lowest BCUT2D eigenvalue weighted by Gasteiger charge is -2.47. The summed E-state index contributed by atoms with van der Waals surface area (Å²) in [5.41, 5.74) is 2.71. The second-order valence-corrected chi connectivity index (χ2v) is 6.80. The third-order valence-electron chi connectivity index (χ3n) is 5.29. The van der Waals surface area contributed by atoms with Crippen LogP contribution in [0.15, 0.2) is 24.3 Å². The fourth-order valence-corrected chi connectivity index (χ4v) is 4.02. The molecule has 22 heavy (non-hydrogen) atoms. The first kappa shape index (κ1) is 16.0. The fraction of sp³-hybridized carbons (Fsp3) is 0.684. The van der Waals surface area contributed by atoms with Crippen molar-refractivity contribution in [3.05, 3.63) is 35.4 Å². The Morgan fingerprint density at radius 2 is 2.05 bits per heavy atom. The van der Waals surface area contributed by atoms with Gasteiger partial charge in [-0.3, -0.25) is 0 Å². The summed E-state index contributed by atoms with van der Waals surface area (Å²) in [5, 5.41) is 9.30. The zero-order chi connectivity index (χ0) is 15.4. The number of ether oxygens (including phenoxy) is 1. The van der Waals surface area contributed by atoms with Crippen molar-refractivity contribution in [3.8, 4) is 0 Å². The molecule has 2 aliphatic rings. The van der Waals surface area contributed by atoms with E-state index >= 15 is 0 Å². The summed E-state index contributed by atoms with van der Waals surface area (Å²) in [6.45, 7) is 5.94. The van der Waals surface area contributed by atoms with Crippen LogP contribution in [-0.4, -0.2) is 42.4 Å². The minimum atomic E-state index is -0.114. The van der Waals surface area contributed by atoms with E-state index in [0.29, 0.717) is 0 Å². The molecule has 3 nitrogen and oxygen atoms in total. The predicted octanol–water partition coefficient (Wildman–Crippen LogP) is 3.10. The van der Waals surface area contributed by atoms with E-state index in [1.807, 2.05) is 0 Å². The first-order valence-corrected chi connectivity index (χ1v) is 8.87. The van der Waals surface area contributed by atoms with Crippen LogP contribution in [0, 0.1) is 0 Å². The van der Waals surface area contributed by atoms with Crippen molar-refractivity contribution in [1.29, 1.82) is 0 Å². The van der Waals surface area contributed by atoms with Gasteiger partial charge in [-0.1, -0.05) is 37.6 Å². The standard InChI is InChI=1S/C19H29NO2/c1-2-3-11-20-12-9-19(10-13-20)18-7-5-4-6-16(18)15-17(22-19)8-14-21/h4-7,17,21H,2-3,8-15H2,1H3. The molecule has 1 spiro atoms. The molecular formula is C19H29NO2. The Balaban J connectivity index is 1.77. The Morgan fingerprint density at radius 1 is 1.27 bits per heavy atom. The van der Waals surface area contributed by atoms with Gasteiger partial charge in [-0.15, -0.1) is 0 Å². The number of aliphatic hydroxyl groups excluding tert-OH is 1. The molecule has 122 valence electrons. The van der Waals surface area contributed by atoms with Gasteiger partial charge >= 0.3 is 0 Å². The van der Waals surface area contributed by atoms with Gasteiger partial charge in [0.15, 0.2) is 0 Å². The van der Waals surface area contributed by atoms with Crippen LogP contribution in [0.3, 0.4) is 0 Å². The van der Waals surface area contributed by atoms with Crippen molar-refractivity contribution in [2.45, 2.75) is 57.2 Å². The fourth-order valence-electron chi connectivity index (χ4n) is 4.02. The number of benzene rings is 1. The number of hydrogen-bond acceptors (Lipinski definition) is 3. The van der Waals surface area contributed by atoms with Gasteiger partial charge in [-0.2, -0.15) is 0 Å². The molecule has 0 aliphatic carbocycles. The second kappa shape index (κ2) is 7.12. The summed E-state index contributed by atoms with van der Waals surface area (Å²) < 4.78 is 6.55. The van der Waals surface area contributed by atoms with Gasteiger partial charge in [0.2, 0.25) is 0 Å². The minimum absolute atomic E-state index is 0.114. The van der Waals surface area contributed by atoms with Crippen molar-refractivity contribution < 1.29 is 9.84 Å². The van der Waals surface area contributed by atoms with Crippen LogP contribution >= 0.6 is 0 Å². The molecule has 2 aliphatic heterocycles. The molecule has 3 heteroatoms. The Bertz CT molecular complexity index is 480. The molecule has 1 aromatic rings. The average Bonchev–Trinajstić information content (AvgIpc) is 2.55. The zero-order valence-electron chi connectivity index (χ0n) is 13.8. The molecule has 1 atom stereocenters. The molecule has 3 rings (SSSR count). The maximum absolute atomic E-state index is 9.30. The molecule has 1 fully saturated rings. The van der Waals surface area contributed by atoms with E-state index in [9.17, 15) is 5.11 Å². The van der Waals surface area contributed by atoms with E-state index in [4.69, 9.17) is 4.74 Å². The molecule has 1 saturated heterocycles. The third-order valence-corrected chi connectivity index (χ3v) is 5.29. The number of nitrogens with zero attached hydrogens (tertiary/aromatic N) is 1. The van der Waals surface area contributed by atoms with Crippen LogP contribution in [0.25, 0.3) is 0 Å². The molecule has 0 radical (unpaired) electrons. The van der Waals surface area contributed by atoms with Crippen molar-refractivity contribution >= 4 is 0 Å². The van der Waals surface area contributed by atoms with Crippen molar-refractivity contribution in [2.75, 3.05) is 26.2 Å².